The Morgan fingerprint density at radius 3 is 2.04 bits per heavy atom. The normalized spacial score (nSPS) is 11.9. The number of para-hydroxylation sites is 1. The lowest BCUT2D eigenvalue weighted by atomic mass is 10.1. The molecule has 4 heteroatoms. The summed E-state index contributed by atoms with van der Waals surface area (Å²) in [6.07, 6.45) is 1.78. The molecule has 0 aliphatic heterocycles. The van der Waals surface area contributed by atoms with Crippen LogP contribution in [-0.2, 0) is 0 Å². The Kier molecular flexibility index (Phi) is 4.85. The first-order chi connectivity index (χ1) is 12.9. The average Bonchev–Trinajstić information content (AvgIpc) is 3.14. The Bertz CT molecular complexity index is 1060. The summed E-state index contributed by atoms with van der Waals surface area (Å²) >= 11 is 1.58. The van der Waals surface area contributed by atoms with Crippen LogP contribution in [-0.4, -0.2) is 10.8 Å². The van der Waals surface area contributed by atoms with Gasteiger partial charge >= 0.3 is 0 Å². The van der Waals surface area contributed by atoms with Crippen molar-refractivity contribution >= 4 is 17.6 Å². The summed E-state index contributed by atoms with van der Waals surface area (Å²) in [7, 11) is 0. The smallest absolute Gasteiger partial charge is 0.215 e. The molecule has 0 saturated carbocycles. The Hall–Kier alpha value is -3.24. The predicted molar refractivity (Wildman–Crippen MR) is 109 cm³/mol. The van der Waals surface area contributed by atoms with Gasteiger partial charge in [0.2, 0.25) is 4.80 Å². The fraction of sp³-hybridized carbons (Fsp3) is 0. The highest BCUT2D eigenvalue weighted by Crippen LogP contribution is 2.23. The molecule has 0 aliphatic rings. The van der Waals surface area contributed by atoms with E-state index < -0.39 is 0 Å². The van der Waals surface area contributed by atoms with Gasteiger partial charge in [0.15, 0.2) is 0 Å². The van der Waals surface area contributed by atoms with E-state index >= 15 is 0 Å². The predicted octanol–water partition coefficient (Wildman–Crippen LogP) is 5.14. The van der Waals surface area contributed by atoms with Crippen LogP contribution in [0.15, 0.2) is 107 Å². The van der Waals surface area contributed by atoms with E-state index in [1.54, 1.807) is 17.6 Å². The van der Waals surface area contributed by atoms with Crippen LogP contribution in [0.3, 0.4) is 0 Å². The van der Waals surface area contributed by atoms with E-state index in [0.717, 1.165) is 27.3 Å². The summed E-state index contributed by atoms with van der Waals surface area (Å²) in [6, 6.07) is 30.6. The monoisotopic (exact) mass is 355 g/mol. The highest BCUT2D eigenvalue weighted by Gasteiger charge is 2.09. The molecule has 0 N–H and O–H groups in total. The zero-order valence-electron chi connectivity index (χ0n) is 14.1. The number of nitrogens with zero attached hydrogens (tertiary/aromatic N) is 3. The number of thiazole rings is 1. The summed E-state index contributed by atoms with van der Waals surface area (Å²) < 4.78 is 2.14. The van der Waals surface area contributed by atoms with E-state index in [0.29, 0.717) is 0 Å². The molecule has 126 valence electrons. The largest absolute Gasteiger partial charge is 0.284 e. The van der Waals surface area contributed by atoms with E-state index in [1.165, 1.54) is 0 Å². The molecule has 0 radical (unpaired) electrons. The lowest BCUT2D eigenvalue weighted by molar-refractivity contribution is 0.973. The molecule has 1 heterocycles. The van der Waals surface area contributed by atoms with Crippen LogP contribution in [0.1, 0.15) is 5.56 Å². The van der Waals surface area contributed by atoms with Crippen molar-refractivity contribution in [3.8, 4) is 16.9 Å². The molecule has 0 unspecified atom stereocenters. The molecular weight excluding hydrogens is 338 g/mol. The van der Waals surface area contributed by atoms with E-state index in [-0.39, 0.29) is 0 Å². The van der Waals surface area contributed by atoms with Gasteiger partial charge in [0.05, 0.1) is 11.9 Å². The molecule has 0 amide bonds. The van der Waals surface area contributed by atoms with Gasteiger partial charge in [-0.3, -0.25) is 4.57 Å². The number of rotatable bonds is 4. The molecule has 0 atom stereocenters. The summed E-state index contributed by atoms with van der Waals surface area (Å²) in [5, 5.41) is 10.9. The SMILES string of the molecule is C(=N\N=c1/scc(-c2ccccc2)n1-c1ccccc1)/c1ccccc1. The van der Waals surface area contributed by atoms with Gasteiger partial charge in [0, 0.05) is 11.1 Å². The molecule has 3 aromatic carbocycles. The average molecular weight is 355 g/mol. The molecule has 26 heavy (non-hydrogen) atoms. The number of hydrogen-bond donors (Lipinski definition) is 0. The minimum Gasteiger partial charge on any atom is -0.284 e. The van der Waals surface area contributed by atoms with E-state index in [4.69, 9.17) is 0 Å². The van der Waals surface area contributed by atoms with Crippen LogP contribution in [0.2, 0.25) is 0 Å². The maximum Gasteiger partial charge on any atom is 0.215 e. The van der Waals surface area contributed by atoms with Crippen LogP contribution in [0.25, 0.3) is 16.9 Å². The fourth-order valence-corrected chi connectivity index (χ4v) is 3.56. The second-order valence-corrected chi connectivity index (χ2v) is 6.53. The lowest BCUT2D eigenvalue weighted by Crippen LogP contribution is -2.13. The topological polar surface area (TPSA) is 29.6 Å². The number of hydrogen-bond acceptors (Lipinski definition) is 3. The molecule has 3 nitrogen and oxygen atoms in total. The maximum atomic E-state index is 4.47. The molecule has 1 aromatic heterocycles. The first-order valence-corrected chi connectivity index (χ1v) is 9.23. The third kappa shape index (κ3) is 3.55. The van der Waals surface area contributed by atoms with E-state index in [2.05, 4.69) is 44.4 Å². The quantitative estimate of drug-likeness (QED) is 0.358. The highest BCUT2D eigenvalue weighted by atomic mass is 32.1. The van der Waals surface area contributed by atoms with Gasteiger partial charge in [-0.05, 0) is 23.3 Å². The molecule has 4 aromatic rings. The van der Waals surface area contributed by atoms with Gasteiger partial charge in [-0.1, -0.05) is 78.9 Å². The van der Waals surface area contributed by atoms with E-state index in [1.807, 2.05) is 66.7 Å². The van der Waals surface area contributed by atoms with Crippen LogP contribution >= 0.6 is 11.3 Å². The molecular formula is C22H17N3S. The summed E-state index contributed by atoms with van der Waals surface area (Å²) in [5.41, 5.74) is 4.36. The van der Waals surface area contributed by atoms with Crippen molar-refractivity contribution in [3.05, 3.63) is 107 Å². The van der Waals surface area contributed by atoms with Crippen LogP contribution in [0.5, 0.6) is 0 Å². The lowest BCUT2D eigenvalue weighted by Gasteiger charge is -2.08. The van der Waals surface area contributed by atoms with Gasteiger partial charge < -0.3 is 0 Å². The minimum absolute atomic E-state index is 0.835. The van der Waals surface area contributed by atoms with Gasteiger partial charge in [0.25, 0.3) is 0 Å². The first kappa shape index (κ1) is 16.2. The molecule has 0 saturated heterocycles. The van der Waals surface area contributed by atoms with Gasteiger partial charge in [-0.25, -0.2) is 0 Å². The van der Waals surface area contributed by atoms with Crippen LogP contribution in [0.4, 0.5) is 0 Å². The van der Waals surface area contributed by atoms with Crippen molar-refractivity contribution < 1.29 is 0 Å². The van der Waals surface area contributed by atoms with Crippen molar-refractivity contribution in [2.75, 3.05) is 0 Å². The zero-order chi connectivity index (χ0) is 17.6. The second kappa shape index (κ2) is 7.76. The molecule has 4 rings (SSSR count). The Morgan fingerprint density at radius 1 is 0.731 bits per heavy atom. The first-order valence-electron chi connectivity index (χ1n) is 8.35. The molecule has 0 fully saturated rings. The Morgan fingerprint density at radius 2 is 1.35 bits per heavy atom. The Balaban J connectivity index is 1.82. The molecule has 0 bridgehead atoms. The van der Waals surface area contributed by atoms with Crippen molar-refractivity contribution in [2.24, 2.45) is 10.2 Å². The van der Waals surface area contributed by atoms with Crippen molar-refractivity contribution in [1.29, 1.82) is 0 Å². The Labute approximate surface area is 156 Å². The second-order valence-electron chi connectivity index (χ2n) is 5.70. The van der Waals surface area contributed by atoms with Gasteiger partial charge in [-0.2, -0.15) is 5.10 Å². The summed E-state index contributed by atoms with van der Waals surface area (Å²) in [6.45, 7) is 0. The zero-order valence-corrected chi connectivity index (χ0v) is 14.9. The van der Waals surface area contributed by atoms with Crippen molar-refractivity contribution in [3.63, 3.8) is 0 Å². The van der Waals surface area contributed by atoms with Crippen molar-refractivity contribution in [1.82, 2.24) is 4.57 Å². The third-order valence-corrected chi connectivity index (χ3v) is 4.76. The molecule has 0 aliphatic carbocycles. The highest BCUT2D eigenvalue weighted by molar-refractivity contribution is 7.07. The number of benzene rings is 3. The summed E-state index contributed by atoms with van der Waals surface area (Å²) in [4.78, 5) is 0.835. The summed E-state index contributed by atoms with van der Waals surface area (Å²) in [5.74, 6) is 0. The number of aromatic nitrogens is 1. The minimum atomic E-state index is 0.835. The van der Waals surface area contributed by atoms with Gasteiger partial charge in [0.1, 0.15) is 0 Å². The van der Waals surface area contributed by atoms with Crippen molar-refractivity contribution in [2.45, 2.75) is 0 Å². The fourth-order valence-electron chi connectivity index (χ4n) is 2.70. The third-order valence-electron chi connectivity index (χ3n) is 3.94. The standard InChI is InChI=1S/C22H17N3S/c1-4-10-18(11-5-1)16-23-24-22-25(20-14-8-3-9-15-20)21(17-26-22)19-12-6-2-7-13-19/h1-17H/b23-16+,24-22-. The van der Waals surface area contributed by atoms with Gasteiger partial charge in [-0.15, -0.1) is 16.4 Å². The van der Waals surface area contributed by atoms with Crippen LogP contribution < -0.4 is 4.80 Å². The van der Waals surface area contributed by atoms with Crippen LogP contribution in [0, 0.1) is 0 Å². The van der Waals surface area contributed by atoms with E-state index in [9.17, 15) is 0 Å². The maximum absolute atomic E-state index is 4.47. The molecule has 0 spiro atoms.